The first-order valence-corrected chi connectivity index (χ1v) is 6.55. The van der Waals surface area contributed by atoms with Crippen LogP contribution in [0.15, 0.2) is 36.4 Å². The molecule has 3 nitrogen and oxygen atoms in total. The maximum absolute atomic E-state index is 5.96. The molecule has 0 spiro atoms. The first kappa shape index (κ1) is 12.5. The van der Waals surface area contributed by atoms with Crippen LogP contribution in [0.4, 0.5) is 5.69 Å². The van der Waals surface area contributed by atoms with Gasteiger partial charge in [0.1, 0.15) is 0 Å². The zero-order chi connectivity index (χ0) is 13.2. The molecule has 19 heavy (non-hydrogen) atoms. The highest BCUT2D eigenvalue weighted by Crippen LogP contribution is 2.35. The van der Waals surface area contributed by atoms with Gasteiger partial charge in [-0.2, -0.15) is 0 Å². The third kappa shape index (κ3) is 2.72. The molecule has 0 unspecified atom stereocenters. The van der Waals surface area contributed by atoms with E-state index in [1.807, 2.05) is 30.3 Å². The van der Waals surface area contributed by atoms with Gasteiger partial charge in [0.05, 0.1) is 0 Å². The Bertz CT molecular complexity index is 596. The monoisotopic (exact) mass is 295 g/mol. The molecule has 0 aromatic heterocycles. The number of benzene rings is 2. The number of para-hydroxylation sites is 1. The second-order valence-corrected chi connectivity index (χ2v) is 5.04. The van der Waals surface area contributed by atoms with Crippen molar-refractivity contribution >= 4 is 28.9 Å². The maximum atomic E-state index is 5.96. The molecule has 1 aliphatic heterocycles. The molecule has 98 valence electrons. The SMILES string of the molecule is Clc1cc(Cl)cc(NCc2cccc3c2OCO3)c1. The Morgan fingerprint density at radius 3 is 2.63 bits per heavy atom. The van der Waals surface area contributed by atoms with Crippen LogP contribution in [0.5, 0.6) is 11.5 Å². The third-order valence-corrected chi connectivity index (χ3v) is 3.26. The van der Waals surface area contributed by atoms with Crippen LogP contribution >= 0.6 is 23.2 Å². The van der Waals surface area contributed by atoms with Crippen molar-refractivity contribution in [1.82, 2.24) is 0 Å². The Hall–Kier alpha value is -1.58. The zero-order valence-electron chi connectivity index (χ0n) is 9.95. The Kier molecular flexibility index (Phi) is 3.40. The number of hydrogen-bond acceptors (Lipinski definition) is 3. The minimum Gasteiger partial charge on any atom is -0.454 e. The molecule has 0 atom stereocenters. The van der Waals surface area contributed by atoms with Gasteiger partial charge in [-0.1, -0.05) is 35.3 Å². The van der Waals surface area contributed by atoms with Gasteiger partial charge in [0, 0.05) is 27.8 Å². The van der Waals surface area contributed by atoms with Crippen LogP contribution < -0.4 is 14.8 Å². The van der Waals surface area contributed by atoms with Gasteiger partial charge in [-0.05, 0) is 24.3 Å². The fourth-order valence-electron chi connectivity index (χ4n) is 1.98. The van der Waals surface area contributed by atoms with Crippen LogP contribution in [0.25, 0.3) is 0 Å². The van der Waals surface area contributed by atoms with Gasteiger partial charge in [0.15, 0.2) is 11.5 Å². The number of nitrogens with one attached hydrogen (secondary N) is 1. The quantitative estimate of drug-likeness (QED) is 0.914. The fourth-order valence-corrected chi connectivity index (χ4v) is 2.51. The lowest BCUT2D eigenvalue weighted by molar-refractivity contribution is 0.173. The largest absolute Gasteiger partial charge is 0.454 e. The summed E-state index contributed by atoms with van der Waals surface area (Å²) in [5.41, 5.74) is 1.90. The first-order valence-electron chi connectivity index (χ1n) is 5.80. The van der Waals surface area contributed by atoms with E-state index in [2.05, 4.69) is 5.32 Å². The molecule has 3 rings (SSSR count). The summed E-state index contributed by atoms with van der Waals surface area (Å²) in [4.78, 5) is 0. The van der Waals surface area contributed by atoms with E-state index in [0.717, 1.165) is 22.7 Å². The summed E-state index contributed by atoms with van der Waals surface area (Å²) in [5.74, 6) is 1.58. The van der Waals surface area contributed by atoms with Crippen LogP contribution in [0.2, 0.25) is 10.0 Å². The second kappa shape index (κ2) is 5.19. The Labute approximate surface area is 121 Å². The van der Waals surface area contributed by atoms with Crippen molar-refractivity contribution in [1.29, 1.82) is 0 Å². The van der Waals surface area contributed by atoms with Crippen molar-refractivity contribution in [3.05, 3.63) is 52.0 Å². The smallest absolute Gasteiger partial charge is 0.231 e. The van der Waals surface area contributed by atoms with Gasteiger partial charge in [-0.25, -0.2) is 0 Å². The molecular formula is C14H11Cl2NO2. The molecule has 0 radical (unpaired) electrons. The molecule has 0 saturated heterocycles. The number of anilines is 1. The van der Waals surface area contributed by atoms with Crippen LogP contribution in [0.1, 0.15) is 5.56 Å². The standard InChI is InChI=1S/C14H11Cl2NO2/c15-10-4-11(16)6-12(5-10)17-7-9-2-1-3-13-14(9)19-8-18-13/h1-6,17H,7-8H2. The molecule has 5 heteroatoms. The van der Waals surface area contributed by atoms with Gasteiger partial charge in [-0.15, -0.1) is 0 Å². The van der Waals surface area contributed by atoms with Gasteiger partial charge < -0.3 is 14.8 Å². The molecule has 1 N–H and O–H groups in total. The molecule has 0 aliphatic carbocycles. The Balaban J connectivity index is 1.78. The van der Waals surface area contributed by atoms with Crippen LogP contribution in [0.3, 0.4) is 0 Å². The van der Waals surface area contributed by atoms with Crippen molar-refractivity contribution < 1.29 is 9.47 Å². The van der Waals surface area contributed by atoms with Crippen molar-refractivity contribution in [2.24, 2.45) is 0 Å². The van der Waals surface area contributed by atoms with Crippen molar-refractivity contribution in [3.8, 4) is 11.5 Å². The molecule has 0 fully saturated rings. The average Bonchev–Trinajstić information content (AvgIpc) is 2.83. The van der Waals surface area contributed by atoms with Gasteiger partial charge in [0.2, 0.25) is 6.79 Å². The van der Waals surface area contributed by atoms with Crippen LogP contribution in [-0.2, 0) is 6.54 Å². The van der Waals surface area contributed by atoms with Crippen molar-refractivity contribution in [2.75, 3.05) is 12.1 Å². The van der Waals surface area contributed by atoms with E-state index in [9.17, 15) is 0 Å². The van der Waals surface area contributed by atoms with Gasteiger partial charge in [-0.3, -0.25) is 0 Å². The number of fused-ring (bicyclic) bond motifs is 1. The van der Waals surface area contributed by atoms with E-state index < -0.39 is 0 Å². The summed E-state index contributed by atoms with van der Waals surface area (Å²) in [6.45, 7) is 0.887. The summed E-state index contributed by atoms with van der Waals surface area (Å²) in [5, 5.41) is 4.48. The topological polar surface area (TPSA) is 30.5 Å². The molecule has 0 amide bonds. The molecule has 2 aromatic carbocycles. The highest BCUT2D eigenvalue weighted by molar-refractivity contribution is 6.35. The van der Waals surface area contributed by atoms with E-state index in [1.165, 1.54) is 0 Å². The minimum atomic E-state index is 0.273. The summed E-state index contributed by atoms with van der Waals surface area (Å²) >= 11 is 11.9. The highest BCUT2D eigenvalue weighted by atomic mass is 35.5. The molecule has 2 aromatic rings. The van der Waals surface area contributed by atoms with Crippen LogP contribution in [-0.4, -0.2) is 6.79 Å². The molecule has 0 bridgehead atoms. The van der Waals surface area contributed by atoms with Crippen molar-refractivity contribution in [3.63, 3.8) is 0 Å². The van der Waals surface area contributed by atoms with E-state index in [4.69, 9.17) is 32.7 Å². The second-order valence-electron chi connectivity index (χ2n) is 4.16. The minimum absolute atomic E-state index is 0.273. The highest BCUT2D eigenvalue weighted by Gasteiger charge is 2.16. The lowest BCUT2D eigenvalue weighted by Crippen LogP contribution is -2.01. The van der Waals surface area contributed by atoms with E-state index >= 15 is 0 Å². The van der Waals surface area contributed by atoms with E-state index in [-0.39, 0.29) is 6.79 Å². The van der Waals surface area contributed by atoms with Crippen LogP contribution in [0, 0.1) is 0 Å². The number of halogens is 2. The predicted octanol–water partition coefficient (Wildman–Crippen LogP) is 4.33. The summed E-state index contributed by atoms with van der Waals surface area (Å²) in [6.07, 6.45) is 0. The maximum Gasteiger partial charge on any atom is 0.231 e. The lowest BCUT2D eigenvalue weighted by atomic mass is 10.2. The van der Waals surface area contributed by atoms with Crippen molar-refractivity contribution in [2.45, 2.75) is 6.54 Å². The zero-order valence-corrected chi connectivity index (χ0v) is 11.5. The number of ether oxygens (including phenoxy) is 2. The van der Waals surface area contributed by atoms with Gasteiger partial charge in [0.25, 0.3) is 0 Å². The normalized spacial score (nSPS) is 12.5. The number of rotatable bonds is 3. The fraction of sp³-hybridized carbons (Fsp3) is 0.143. The third-order valence-electron chi connectivity index (χ3n) is 2.82. The predicted molar refractivity (Wildman–Crippen MR) is 76.4 cm³/mol. The van der Waals surface area contributed by atoms with Gasteiger partial charge >= 0.3 is 0 Å². The molecule has 1 heterocycles. The molecular weight excluding hydrogens is 285 g/mol. The van der Waals surface area contributed by atoms with E-state index in [0.29, 0.717) is 16.6 Å². The Morgan fingerprint density at radius 2 is 1.84 bits per heavy atom. The number of hydrogen-bond donors (Lipinski definition) is 1. The average molecular weight is 296 g/mol. The molecule has 0 saturated carbocycles. The first-order chi connectivity index (χ1) is 9.22. The lowest BCUT2D eigenvalue weighted by Gasteiger charge is -2.09. The summed E-state index contributed by atoms with van der Waals surface area (Å²) in [6, 6.07) is 11.2. The van der Waals surface area contributed by atoms with E-state index in [1.54, 1.807) is 6.07 Å². The summed E-state index contributed by atoms with van der Waals surface area (Å²) < 4.78 is 10.8. The Morgan fingerprint density at radius 1 is 1.05 bits per heavy atom. The molecule has 1 aliphatic rings. The summed E-state index contributed by atoms with van der Waals surface area (Å²) in [7, 11) is 0.